The van der Waals surface area contributed by atoms with Crippen molar-refractivity contribution in [3.8, 4) is 6.01 Å². The van der Waals surface area contributed by atoms with E-state index >= 15 is 0 Å². The largest absolute Gasteiger partial charge is 0.463 e. The molecule has 0 bridgehead atoms. The maximum Gasteiger partial charge on any atom is 0.322 e. The van der Waals surface area contributed by atoms with Crippen LogP contribution in [0.15, 0.2) is 28.5 Å². The van der Waals surface area contributed by atoms with Crippen LogP contribution in [0.1, 0.15) is 13.3 Å². The summed E-state index contributed by atoms with van der Waals surface area (Å²) < 4.78 is 5.34. The van der Waals surface area contributed by atoms with Gasteiger partial charge >= 0.3 is 6.01 Å². The van der Waals surface area contributed by atoms with Gasteiger partial charge in [-0.2, -0.15) is 15.0 Å². The van der Waals surface area contributed by atoms with Crippen LogP contribution in [0.3, 0.4) is 0 Å². The van der Waals surface area contributed by atoms with E-state index in [4.69, 9.17) is 22.1 Å². The molecule has 0 aliphatic rings. The molecule has 0 atom stereocenters. The summed E-state index contributed by atoms with van der Waals surface area (Å²) in [6.07, 6.45) is 2.51. The summed E-state index contributed by atoms with van der Waals surface area (Å²) in [7, 11) is 0. The lowest BCUT2D eigenvalue weighted by Gasteiger charge is -2.05. The van der Waals surface area contributed by atoms with Gasteiger partial charge in [-0.25, -0.2) is 4.98 Å². The molecule has 0 spiro atoms. The molecule has 6 nitrogen and oxygen atoms in total. The SMILES string of the molecule is CCCOc1nc(N)nc(Sc2ncccc2Cl)n1. The predicted octanol–water partition coefficient (Wildman–Crippen LogP) is 2.44. The first-order valence-corrected chi connectivity index (χ1v) is 6.81. The number of rotatable bonds is 5. The van der Waals surface area contributed by atoms with Crippen LogP contribution < -0.4 is 10.5 Å². The number of ether oxygens (including phenoxy) is 1. The van der Waals surface area contributed by atoms with Crippen LogP contribution in [0.4, 0.5) is 5.95 Å². The minimum Gasteiger partial charge on any atom is -0.463 e. The van der Waals surface area contributed by atoms with E-state index in [0.29, 0.717) is 21.8 Å². The van der Waals surface area contributed by atoms with Crippen molar-refractivity contribution in [2.24, 2.45) is 0 Å². The van der Waals surface area contributed by atoms with Gasteiger partial charge in [-0.1, -0.05) is 18.5 Å². The standard InChI is InChI=1S/C11H12ClN5OS/c1-2-6-18-10-15-9(13)16-11(17-10)19-8-7(12)4-3-5-14-8/h3-5H,2,6H2,1H3,(H2,13,15,16,17). The van der Waals surface area contributed by atoms with Crippen molar-refractivity contribution >= 4 is 29.3 Å². The van der Waals surface area contributed by atoms with Crippen LogP contribution >= 0.6 is 23.4 Å². The van der Waals surface area contributed by atoms with Gasteiger partial charge in [0.2, 0.25) is 11.1 Å². The van der Waals surface area contributed by atoms with Crippen LogP contribution in [-0.2, 0) is 0 Å². The number of aromatic nitrogens is 4. The minimum atomic E-state index is 0.107. The highest BCUT2D eigenvalue weighted by molar-refractivity contribution is 7.99. The fourth-order valence-corrected chi connectivity index (χ4v) is 2.14. The molecule has 8 heteroatoms. The molecule has 0 aromatic carbocycles. The Bertz CT molecular complexity index is 569. The zero-order valence-electron chi connectivity index (χ0n) is 10.2. The van der Waals surface area contributed by atoms with Crippen LogP contribution in [0.2, 0.25) is 5.02 Å². The molecule has 0 saturated carbocycles. The molecule has 19 heavy (non-hydrogen) atoms. The van der Waals surface area contributed by atoms with Crippen LogP contribution in [0.5, 0.6) is 6.01 Å². The first kappa shape index (κ1) is 13.8. The lowest BCUT2D eigenvalue weighted by molar-refractivity contribution is 0.288. The molecule has 2 aromatic heterocycles. The van der Waals surface area contributed by atoms with Gasteiger partial charge in [-0.3, -0.25) is 0 Å². The third-order valence-corrected chi connectivity index (χ3v) is 3.26. The first-order chi connectivity index (χ1) is 9.19. The van der Waals surface area contributed by atoms with Crippen molar-refractivity contribution in [1.82, 2.24) is 19.9 Å². The summed E-state index contributed by atoms with van der Waals surface area (Å²) in [5.74, 6) is 0.107. The van der Waals surface area contributed by atoms with Crippen LogP contribution in [-0.4, -0.2) is 26.5 Å². The summed E-state index contributed by atoms with van der Waals surface area (Å²) in [6.45, 7) is 2.52. The topological polar surface area (TPSA) is 86.8 Å². The van der Waals surface area contributed by atoms with Gasteiger partial charge in [0.1, 0.15) is 5.03 Å². The average molecular weight is 298 g/mol. The van der Waals surface area contributed by atoms with Gasteiger partial charge in [0.05, 0.1) is 11.6 Å². The fraction of sp³-hybridized carbons (Fsp3) is 0.273. The lowest BCUT2D eigenvalue weighted by atomic mass is 10.5. The summed E-state index contributed by atoms with van der Waals surface area (Å²) in [5.41, 5.74) is 5.61. The number of hydrogen-bond donors (Lipinski definition) is 1. The summed E-state index contributed by atoms with van der Waals surface area (Å²) in [5, 5.41) is 1.54. The minimum absolute atomic E-state index is 0.107. The first-order valence-electron chi connectivity index (χ1n) is 5.61. The molecule has 2 rings (SSSR count). The molecule has 0 fully saturated rings. The third-order valence-electron chi connectivity index (χ3n) is 1.96. The predicted molar refractivity (Wildman–Crippen MR) is 73.4 cm³/mol. The molecule has 0 radical (unpaired) electrons. The van der Waals surface area contributed by atoms with Crippen molar-refractivity contribution < 1.29 is 4.74 Å². The highest BCUT2D eigenvalue weighted by atomic mass is 35.5. The highest BCUT2D eigenvalue weighted by Crippen LogP contribution is 2.29. The van der Waals surface area contributed by atoms with E-state index in [2.05, 4.69) is 19.9 Å². The fourth-order valence-electron chi connectivity index (χ4n) is 1.19. The molecule has 0 unspecified atom stereocenters. The number of nitrogens with two attached hydrogens (primary N) is 1. The van der Waals surface area contributed by atoms with E-state index in [-0.39, 0.29) is 12.0 Å². The van der Waals surface area contributed by atoms with E-state index < -0.39 is 0 Å². The Morgan fingerprint density at radius 2 is 2.21 bits per heavy atom. The van der Waals surface area contributed by atoms with Crippen molar-refractivity contribution in [3.63, 3.8) is 0 Å². The van der Waals surface area contributed by atoms with Crippen molar-refractivity contribution in [1.29, 1.82) is 0 Å². The van der Waals surface area contributed by atoms with Gasteiger partial charge in [0, 0.05) is 6.20 Å². The molecule has 0 aliphatic carbocycles. The van der Waals surface area contributed by atoms with Crippen LogP contribution in [0.25, 0.3) is 0 Å². The number of hydrogen-bond acceptors (Lipinski definition) is 7. The smallest absolute Gasteiger partial charge is 0.322 e. The van der Waals surface area contributed by atoms with Crippen molar-refractivity contribution in [3.05, 3.63) is 23.4 Å². The summed E-state index contributed by atoms with van der Waals surface area (Å²) in [4.78, 5) is 16.2. The number of pyridine rings is 1. The maximum atomic E-state index is 6.02. The third kappa shape index (κ3) is 3.93. The average Bonchev–Trinajstić information content (AvgIpc) is 2.38. The molecule has 0 amide bonds. The Morgan fingerprint density at radius 3 is 2.95 bits per heavy atom. The van der Waals surface area contributed by atoms with Gasteiger partial charge in [-0.15, -0.1) is 0 Å². The number of halogens is 1. The number of anilines is 1. The lowest BCUT2D eigenvalue weighted by Crippen LogP contribution is -2.05. The number of nitrogen functional groups attached to an aromatic ring is 1. The molecule has 0 aliphatic heterocycles. The zero-order chi connectivity index (χ0) is 13.7. The van der Waals surface area contributed by atoms with Crippen LogP contribution in [0, 0.1) is 0 Å². The second-order valence-corrected chi connectivity index (χ2v) is 4.86. The maximum absolute atomic E-state index is 6.02. The van der Waals surface area contributed by atoms with E-state index in [9.17, 15) is 0 Å². The second kappa shape index (κ2) is 6.53. The van der Waals surface area contributed by atoms with Gasteiger partial charge in [0.15, 0.2) is 0 Å². The molecule has 2 N–H and O–H groups in total. The monoisotopic (exact) mass is 297 g/mol. The second-order valence-electron chi connectivity index (χ2n) is 3.50. The Labute approximate surface area is 119 Å². The summed E-state index contributed by atoms with van der Waals surface area (Å²) >= 11 is 7.23. The Hall–Kier alpha value is -1.60. The van der Waals surface area contributed by atoms with E-state index in [1.165, 1.54) is 11.8 Å². The van der Waals surface area contributed by atoms with E-state index in [1.807, 2.05) is 6.92 Å². The molecule has 0 saturated heterocycles. The summed E-state index contributed by atoms with van der Waals surface area (Å²) in [6, 6.07) is 3.71. The molecular formula is C11H12ClN5OS. The van der Waals surface area contributed by atoms with Crippen molar-refractivity contribution in [2.45, 2.75) is 23.5 Å². The molecule has 2 heterocycles. The Kier molecular flexibility index (Phi) is 4.75. The van der Waals surface area contributed by atoms with Gasteiger partial charge < -0.3 is 10.5 Å². The molecular weight excluding hydrogens is 286 g/mol. The highest BCUT2D eigenvalue weighted by Gasteiger charge is 2.10. The molecule has 100 valence electrons. The van der Waals surface area contributed by atoms with E-state index in [1.54, 1.807) is 18.3 Å². The Balaban J connectivity index is 2.20. The number of nitrogens with zero attached hydrogens (tertiary/aromatic N) is 4. The quantitative estimate of drug-likeness (QED) is 0.907. The molecule has 2 aromatic rings. The zero-order valence-corrected chi connectivity index (χ0v) is 11.8. The Morgan fingerprint density at radius 1 is 1.37 bits per heavy atom. The van der Waals surface area contributed by atoms with Gasteiger partial charge in [0.25, 0.3) is 0 Å². The van der Waals surface area contributed by atoms with Gasteiger partial charge in [-0.05, 0) is 30.3 Å². The normalized spacial score (nSPS) is 10.4. The van der Waals surface area contributed by atoms with E-state index in [0.717, 1.165) is 6.42 Å². The van der Waals surface area contributed by atoms with Crippen molar-refractivity contribution in [2.75, 3.05) is 12.3 Å².